The van der Waals surface area contributed by atoms with Gasteiger partial charge in [-0.25, -0.2) is 4.98 Å². The minimum absolute atomic E-state index is 0.0110. The fourth-order valence-electron chi connectivity index (χ4n) is 2.97. The molecule has 0 aliphatic heterocycles. The van der Waals surface area contributed by atoms with Crippen molar-refractivity contribution in [2.24, 2.45) is 0 Å². The van der Waals surface area contributed by atoms with Crippen LogP contribution < -0.4 is 0 Å². The Morgan fingerprint density at radius 2 is 1.83 bits per heavy atom. The first-order valence-corrected chi connectivity index (χ1v) is 9.13. The molecule has 0 aliphatic carbocycles. The van der Waals surface area contributed by atoms with Crippen LogP contribution in [0.25, 0.3) is 5.76 Å². The number of aliphatic hydroxyl groups is 1. The number of H-pyrrole nitrogens is 1. The summed E-state index contributed by atoms with van der Waals surface area (Å²) in [6, 6.07) is 15.8. The number of aliphatic hydroxyl groups excluding tert-OH is 1. The number of pyridine rings is 1. The molecule has 1 aromatic carbocycles. The molecule has 0 fully saturated rings. The lowest BCUT2D eigenvalue weighted by Gasteiger charge is -2.08. The largest absolute Gasteiger partial charge is 0.504 e. The lowest BCUT2D eigenvalue weighted by Crippen LogP contribution is -2.11. The van der Waals surface area contributed by atoms with Crippen LogP contribution >= 0.6 is 0 Å². The minimum Gasteiger partial charge on any atom is -0.504 e. The van der Waals surface area contributed by atoms with Gasteiger partial charge in [0.2, 0.25) is 11.6 Å². The first-order valence-electron chi connectivity index (χ1n) is 9.13. The predicted molar refractivity (Wildman–Crippen MR) is 109 cm³/mol. The summed E-state index contributed by atoms with van der Waals surface area (Å²) in [5, 5.41) is 16.3. The van der Waals surface area contributed by atoms with E-state index in [2.05, 4.69) is 20.2 Å². The predicted octanol–water partition coefficient (Wildman–Crippen LogP) is 3.06. The van der Waals surface area contributed by atoms with E-state index >= 15 is 0 Å². The molecule has 0 saturated heterocycles. The van der Waals surface area contributed by atoms with Crippen LogP contribution in [0.1, 0.15) is 37.9 Å². The van der Waals surface area contributed by atoms with Gasteiger partial charge in [-0.1, -0.05) is 36.4 Å². The van der Waals surface area contributed by atoms with E-state index in [-0.39, 0.29) is 22.9 Å². The molecule has 4 aromatic rings. The average Bonchev–Trinajstić information content (AvgIpc) is 3.45. The van der Waals surface area contributed by atoms with Crippen LogP contribution in [0.5, 0.6) is 0 Å². The van der Waals surface area contributed by atoms with Gasteiger partial charge >= 0.3 is 0 Å². The van der Waals surface area contributed by atoms with Crippen LogP contribution in [-0.2, 0) is 6.54 Å². The maximum atomic E-state index is 13.1. The normalized spacial score (nSPS) is 11.4. The van der Waals surface area contributed by atoms with Gasteiger partial charge in [-0.2, -0.15) is 5.10 Å². The maximum Gasteiger partial charge on any atom is 0.215 e. The Bertz CT molecular complexity index is 1200. The number of hydrogen-bond acceptors (Lipinski definition) is 6. The first kappa shape index (κ1) is 19.0. The van der Waals surface area contributed by atoms with E-state index in [0.29, 0.717) is 17.8 Å². The molecule has 148 valence electrons. The molecule has 0 aliphatic rings. The second-order valence-corrected chi connectivity index (χ2v) is 6.47. The molecule has 2 N–H and O–H groups in total. The number of carbonyl (C=O) groups is 2. The van der Waals surface area contributed by atoms with Crippen molar-refractivity contribution in [1.29, 1.82) is 0 Å². The standard InChI is InChI=1S/C22H17N5O3/c28-19(11-20(29)22-24-14-25-26-22)16-10-18(21(30)15-6-2-1-3-7-15)27(12-16)13-17-8-4-5-9-23-17/h1-12,14,29H,13H2,(H,24,25,26). The highest BCUT2D eigenvalue weighted by molar-refractivity contribution is 6.12. The van der Waals surface area contributed by atoms with Crippen LogP contribution in [0.4, 0.5) is 0 Å². The van der Waals surface area contributed by atoms with Crippen molar-refractivity contribution in [1.82, 2.24) is 24.7 Å². The minimum atomic E-state index is -0.473. The molecule has 0 radical (unpaired) electrons. The molecule has 0 bridgehead atoms. The lowest BCUT2D eigenvalue weighted by atomic mass is 10.1. The van der Waals surface area contributed by atoms with Gasteiger partial charge in [-0.15, -0.1) is 0 Å². The Labute approximate surface area is 171 Å². The topological polar surface area (TPSA) is 114 Å². The maximum absolute atomic E-state index is 13.1. The third kappa shape index (κ3) is 4.07. The summed E-state index contributed by atoms with van der Waals surface area (Å²) in [6.45, 7) is 0.318. The third-order valence-electron chi connectivity index (χ3n) is 4.42. The number of allylic oxidation sites excluding steroid dienone is 1. The number of carbonyl (C=O) groups excluding carboxylic acids is 2. The van der Waals surface area contributed by atoms with Crippen molar-refractivity contribution in [2.45, 2.75) is 6.54 Å². The summed E-state index contributed by atoms with van der Waals surface area (Å²) in [5.74, 6) is -1.04. The van der Waals surface area contributed by atoms with Gasteiger partial charge in [0.15, 0.2) is 11.5 Å². The number of benzene rings is 1. The summed E-state index contributed by atoms with van der Waals surface area (Å²) in [7, 11) is 0. The Kier molecular flexibility index (Phi) is 5.29. The number of nitrogens with zero attached hydrogens (tertiary/aromatic N) is 4. The SMILES string of the molecule is O=C(C=C(O)c1nc[nH]n1)c1cc(C(=O)c2ccccc2)n(Cc2ccccn2)c1. The van der Waals surface area contributed by atoms with E-state index in [4.69, 9.17) is 0 Å². The van der Waals surface area contributed by atoms with Gasteiger partial charge < -0.3 is 9.67 Å². The molecule has 0 spiro atoms. The Balaban J connectivity index is 1.71. The summed E-state index contributed by atoms with van der Waals surface area (Å²) in [6.07, 6.45) is 5.57. The molecule has 3 aromatic heterocycles. The highest BCUT2D eigenvalue weighted by Gasteiger charge is 2.19. The van der Waals surface area contributed by atoms with Gasteiger partial charge in [0.1, 0.15) is 6.33 Å². The van der Waals surface area contributed by atoms with E-state index in [1.807, 2.05) is 18.2 Å². The van der Waals surface area contributed by atoms with Crippen LogP contribution in [0, 0.1) is 0 Å². The number of nitrogens with one attached hydrogen (secondary N) is 1. The summed E-state index contributed by atoms with van der Waals surface area (Å²) >= 11 is 0. The molecule has 3 heterocycles. The second-order valence-electron chi connectivity index (χ2n) is 6.47. The lowest BCUT2D eigenvalue weighted by molar-refractivity contribution is 0.102. The molecule has 0 saturated carbocycles. The Morgan fingerprint density at radius 3 is 2.53 bits per heavy atom. The van der Waals surface area contributed by atoms with Gasteiger partial charge in [0, 0.05) is 29.6 Å². The molecule has 0 unspecified atom stereocenters. The number of aromatic nitrogens is 5. The Morgan fingerprint density at radius 1 is 1.03 bits per heavy atom. The Hall–Kier alpha value is -4.33. The zero-order chi connectivity index (χ0) is 20.9. The summed E-state index contributed by atoms with van der Waals surface area (Å²) in [4.78, 5) is 33.8. The zero-order valence-corrected chi connectivity index (χ0v) is 15.8. The number of rotatable bonds is 7. The van der Waals surface area contributed by atoms with Crippen molar-refractivity contribution in [3.63, 3.8) is 0 Å². The molecule has 8 nitrogen and oxygen atoms in total. The van der Waals surface area contributed by atoms with E-state index in [1.54, 1.807) is 47.3 Å². The van der Waals surface area contributed by atoms with Crippen molar-refractivity contribution < 1.29 is 14.7 Å². The van der Waals surface area contributed by atoms with Crippen molar-refractivity contribution in [3.8, 4) is 0 Å². The molecule has 8 heteroatoms. The van der Waals surface area contributed by atoms with Gasteiger partial charge in [0.05, 0.1) is 17.9 Å². The third-order valence-corrected chi connectivity index (χ3v) is 4.42. The van der Waals surface area contributed by atoms with Gasteiger partial charge in [0.25, 0.3) is 0 Å². The summed E-state index contributed by atoms with van der Waals surface area (Å²) in [5.41, 5.74) is 1.86. The molecule has 0 amide bonds. The highest BCUT2D eigenvalue weighted by atomic mass is 16.3. The van der Waals surface area contributed by atoms with Crippen LogP contribution in [-0.4, -0.2) is 41.4 Å². The molecule has 4 rings (SSSR count). The quantitative estimate of drug-likeness (QED) is 0.280. The number of aromatic amines is 1. The number of ketones is 2. The number of hydrogen-bond donors (Lipinski definition) is 2. The van der Waals surface area contributed by atoms with Crippen LogP contribution in [0.15, 0.2) is 79.4 Å². The summed E-state index contributed by atoms with van der Waals surface area (Å²) < 4.78 is 1.68. The van der Waals surface area contributed by atoms with Crippen molar-refractivity contribution in [3.05, 3.63) is 108 Å². The molecular weight excluding hydrogens is 382 g/mol. The zero-order valence-electron chi connectivity index (χ0n) is 15.8. The monoisotopic (exact) mass is 399 g/mol. The van der Waals surface area contributed by atoms with Crippen LogP contribution in [0.3, 0.4) is 0 Å². The van der Waals surface area contributed by atoms with Crippen LogP contribution in [0.2, 0.25) is 0 Å². The van der Waals surface area contributed by atoms with Gasteiger partial charge in [-0.3, -0.25) is 19.7 Å². The smallest absolute Gasteiger partial charge is 0.215 e. The fourth-order valence-corrected chi connectivity index (χ4v) is 2.97. The molecule has 30 heavy (non-hydrogen) atoms. The molecular formula is C22H17N5O3. The molecule has 0 atom stereocenters. The van der Waals surface area contributed by atoms with E-state index < -0.39 is 5.78 Å². The first-order chi connectivity index (χ1) is 14.6. The second kappa shape index (κ2) is 8.36. The van der Waals surface area contributed by atoms with E-state index in [1.165, 1.54) is 12.4 Å². The average molecular weight is 399 g/mol. The van der Waals surface area contributed by atoms with E-state index in [0.717, 1.165) is 11.8 Å². The van der Waals surface area contributed by atoms with Gasteiger partial charge in [-0.05, 0) is 18.2 Å². The van der Waals surface area contributed by atoms with Crippen molar-refractivity contribution >= 4 is 17.3 Å². The van der Waals surface area contributed by atoms with Crippen molar-refractivity contribution in [2.75, 3.05) is 0 Å². The highest BCUT2D eigenvalue weighted by Crippen LogP contribution is 2.18. The van der Waals surface area contributed by atoms with E-state index in [9.17, 15) is 14.7 Å². The fraction of sp³-hybridized carbons (Fsp3) is 0.0455.